The molecule has 5 nitrogen and oxygen atoms in total. The predicted octanol–water partition coefficient (Wildman–Crippen LogP) is 4.39. The highest BCUT2D eigenvalue weighted by molar-refractivity contribution is 8.01. The number of anilines is 1. The molecular weight excluding hydrogens is 366 g/mol. The monoisotopic (exact) mass is 385 g/mol. The summed E-state index contributed by atoms with van der Waals surface area (Å²) in [5.41, 5.74) is 2.01. The van der Waals surface area contributed by atoms with Crippen LogP contribution >= 0.6 is 23.1 Å². The minimum Gasteiger partial charge on any atom is -0.359 e. The van der Waals surface area contributed by atoms with Crippen LogP contribution < -0.4 is 5.32 Å². The molecule has 3 aromatic rings. The summed E-state index contributed by atoms with van der Waals surface area (Å²) in [6.45, 7) is 1.98. The van der Waals surface area contributed by atoms with Crippen molar-refractivity contribution in [3.8, 4) is 0 Å². The van der Waals surface area contributed by atoms with Gasteiger partial charge >= 0.3 is 0 Å². The van der Waals surface area contributed by atoms with E-state index in [-0.39, 0.29) is 18.6 Å². The molecule has 0 bridgehead atoms. The van der Waals surface area contributed by atoms with Gasteiger partial charge in [0.05, 0.1) is 0 Å². The van der Waals surface area contributed by atoms with Gasteiger partial charge in [-0.3, -0.25) is 10.1 Å². The van der Waals surface area contributed by atoms with Crippen molar-refractivity contribution >= 4 is 34.1 Å². The number of rotatable bonds is 8. The zero-order valence-corrected chi connectivity index (χ0v) is 15.9. The second-order valence-corrected chi connectivity index (χ2v) is 7.86. The number of aromatic nitrogens is 2. The lowest BCUT2D eigenvalue weighted by atomic mass is 10.0. The summed E-state index contributed by atoms with van der Waals surface area (Å²) in [4.78, 5) is 12.2. The zero-order valence-electron chi connectivity index (χ0n) is 14.3. The van der Waals surface area contributed by atoms with E-state index in [1.807, 2.05) is 67.6 Å². The number of benzene rings is 2. The lowest BCUT2D eigenvalue weighted by Gasteiger charge is -2.18. The molecular formula is C19H19N3O2S2. The molecule has 1 heterocycles. The van der Waals surface area contributed by atoms with Gasteiger partial charge in [0, 0.05) is 0 Å². The van der Waals surface area contributed by atoms with Crippen LogP contribution in [0.2, 0.25) is 0 Å². The first-order chi connectivity index (χ1) is 12.8. The Balaban J connectivity index is 1.64. The molecule has 0 saturated carbocycles. The molecule has 0 fully saturated rings. The van der Waals surface area contributed by atoms with Gasteiger partial charge < -0.3 is 4.74 Å². The maximum absolute atomic E-state index is 12.2. The fourth-order valence-electron chi connectivity index (χ4n) is 2.40. The standard InChI is InChI=1S/C19H19N3O2S2/c1-2-25-19-22-21-18(26-19)20-16(23)13-24-17(14-9-5-3-6-10-14)15-11-7-4-8-12-15/h3-12,17H,2,13H2,1H3,(H,20,21,23). The predicted molar refractivity (Wildman–Crippen MR) is 106 cm³/mol. The van der Waals surface area contributed by atoms with E-state index in [4.69, 9.17) is 4.74 Å². The molecule has 0 spiro atoms. The molecule has 3 rings (SSSR count). The average Bonchev–Trinajstić information content (AvgIpc) is 3.11. The van der Waals surface area contributed by atoms with Crippen LogP contribution in [-0.2, 0) is 9.53 Å². The third-order valence-corrected chi connectivity index (χ3v) is 5.36. The highest BCUT2D eigenvalue weighted by Gasteiger charge is 2.17. The van der Waals surface area contributed by atoms with Gasteiger partial charge in [-0.2, -0.15) is 0 Å². The number of hydrogen-bond acceptors (Lipinski definition) is 6. The van der Waals surface area contributed by atoms with Crippen LogP contribution in [0.25, 0.3) is 0 Å². The molecule has 0 atom stereocenters. The van der Waals surface area contributed by atoms with Crippen LogP contribution in [0.3, 0.4) is 0 Å². The smallest absolute Gasteiger partial charge is 0.252 e. The molecule has 1 aromatic heterocycles. The van der Waals surface area contributed by atoms with Gasteiger partial charge in [0.2, 0.25) is 5.13 Å². The van der Waals surface area contributed by atoms with Gasteiger partial charge in [-0.25, -0.2) is 0 Å². The Morgan fingerprint density at radius 1 is 1.08 bits per heavy atom. The van der Waals surface area contributed by atoms with Crippen molar-refractivity contribution < 1.29 is 9.53 Å². The Morgan fingerprint density at radius 2 is 1.69 bits per heavy atom. The zero-order chi connectivity index (χ0) is 18.2. The number of thioether (sulfide) groups is 1. The van der Waals surface area contributed by atoms with Gasteiger partial charge in [-0.15, -0.1) is 10.2 Å². The topological polar surface area (TPSA) is 64.1 Å². The van der Waals surface area contributed by atoms with Crippen molar-refractivity contribution in [1.29, 1.82) is 0 Å². The van der Waals surface area contributed by atoms with Crippen molar-refractivity contribution in [3.05, 3.63) is 71.8 Å². The van der Waals surface area contributed by atoms with Crippen LogP contribution in [0.5, 0.6) is 0 Å². The third-order valence-electron chi connectivity index (χ3n) is 3.51. The highest BCUT2D eigenvalue weighted by atomic mass is 32.2. The molecule has 134 valence electrons. The summed E-state index contributed by atoms with van der Waals surface area (Å²) in [6.07, 6.45) is -0.302. The third kappa shape index (κ3) is 5.14. The molecule has 1 N–H and O–H groups in total. The average molecular weight is 386 g/mol. The van der Waals surface area contributed by atoms with Gasteiger partial charge in [0.1, 0.15) is 12.7 Å². The minimum absolute atomic E-state index is 0.0652. The van der Waals surface area contributed by atoms with Gasteiger partial charge in [-0.1, -0.05) is 90.7 Å². The lowest BCUT2D eigenvalue weighted by Crippen LogP contribution is -2.20. The quantitative estimate of drug-likeness (QED) is 0.460. The van der Waals surface area contributed by atoms with E-state index in [0.29, 0.717) is 5.13 Å². The van der Waals surface area contributed by atoms with Gasteiger partial charge in [0.15, 0.2) is 4.34 Å². The number of nitrogens with one attached hydrogen (secondary N) is 1. The fourth-order valence-corrected chi connectivity index (χ4v) is 4.06. The molecule has 0 aliphatic heterocycles. The summed E-state index contributed by atoms with van der Waals surface area (Å²) in [6, 6.07) is 19.7. The Kier molecular flexibility index (Phi) is 6.76. The molecule has 0 saturated heterocycles. The molecule has 0 aliphatic carbocycles. The van der Waals surface area contributed by atoms with Crippen molar-refractivity contribution in [2.45, 2.75) is 17.4 Å². The Hall–Kier alpha value is -2.22. The maximum atomic E-state index is 12.2. The SMILES string of the molecule is CCSc1nnc(NC(=O)COC(c2ccccc2)c2ccccc2)s1. The number of amides is 1. The number of nitrogens with zero attached hydrogens (tertiary/aromatic N) is 2. The van der Waals surface area contributed by atoms with E-state index in [1.54, 1.807) is 11.8 Å². The summed E-state index contributed by atoms with van der Waals surface area (Å²) in [5.74, 6) is 0.674. The van der Waals surface area contributed by atoms with Crippen LogP contribution in [0.15, 0.2) is 65.0 Å². The van der Waals surface area contributed by atoms with E-state index in [1.165, 1.54) is 11.3 Å². The summed E-state index contributed by atoms with van der Waals surface area (Å²) in [5, 5.41) is 11.2. The second-order valence-electron chi connectivity index (χ2n) is 5.37. The maximum Gasteiger partial charge on any atom is 0.252 e. The highest BCUT2D eigenvalue weighted by Crippen LogP contribution is 2.27. The minimum atomic E-state index is -0.302. The van der Waals surface area contributed by atoms with E-state index in [9.17, 15) is 4.79 Å². The van der Waals surface area contributed by atoms with Crippen LogP contribution in [0.4, 0.5) is 5.13 Å². The van der Waals surface area contributed by atoms with Crippen LogP contribution in [0, 0.1) is 0 Å². The van der Waals surface area contributed by atoms with Crippen LogP contribution in [-0.4, -0.2) is 28.5 Å². The molecule has 0 radical (unpaired) electrons. The second kappa shape index (κ2) is 9.47. The Bertz CT molecular complexity index is 786. The summed E-state index contributed by atoms with van der Waals surface area (Å²) < 4.78 is 6.78. The molecule has 1 amide bonds. The molecule has 2 aromatic carbocycles. The van der Waals surface area contributed by atoms with Crippen molar-refractivity contribution in [1.82, 2.24) is 10.2 Å². The first kappa shape index (κ1) is 18.6. The molecule has 0 aliphatic rings. The first-order valence-corrected chi connectivity index (χ1v) is 10.0. The van der Waals surface area contributed by atoms with Crippen molar-refractivity contribution in [2.24, 2.45) is 0 Å². The normalized spacial score (nSPS) is 10.8. The molecule has 26 heavy (non-hydrogen) atoms. The lowest BCUT2D eigenvalue weighted by molar-refractivity contribution is -0.121. The number of hydrogen-bond donors (Lipinski definition) is 1. The number of carbonyl (C=O) groups excluding carboxylic acids is 1. The number of ether oxygens (including phenoxy) is 1. The first-order valence-electron chi connectivity index (χ1n) is 8.24. The van der Waals surface area contributed by atoms with Gasteiger partial charge in [-0.05, 0) is 16.9 Å². The Morgan fingerprint density at radius 3 is 2.27 bits per heavy atom. The van der Waals surface area contributed by atoms with Crippen molar-refractivity contribution in [2.75, 3.05) is 17.7 Å². The van der Waals surface area contributed by atoms with E-state index in [2.05, 4.69) is 15.5 Å². The summed E-state index contributed by atoms with van der Waals surface area (Å²) >= 11 is 2.96. The van der Waals surface area contributed by atoms with Crippen LogP contribution in [0.1, 0.15) is 24.2 Å². The van der Waals surface area contributed by atoms with E-state index < -0.39 is 0 Å². The Labute approximate surface area is 160 Å². The number of carbonyl (C=O) groups is 1. The van der Waals surface area contributed by atoms with Crippen molar-refractivity contribution in [3.63, 3.8) is 0 Å². The van der Waals surface area contributed by atoms with E-state index >= 15 is 0 Å². The van der Waals surface area contributed by atoms with Gasteiger partial charge in [0.25, 0.3) is 5.91 Å². The fraction of sp³-hybridized carbons (Fsp3) is 0.211. The summed E-state index contributed by atoms with van der Waals surface area (Å²) in [7, 11) is 0. The molecule has 0 unspecified atom stereocenters. The largest absolute Gasteiger partial charge is 0.359 e. The molecule has 7 heteroatoms. The van der Waals surface area contributed by atoms with E-state index in [0.717, 1.165) is 21.2 Å².